The highest BCUT2D eigenvalue weighted by molar-refractivity contribution is 7.90. The van der Waals surface area contributed by atoms with E-state index in [2.05, 4.69) is 9.84 Å². The smallest absolute Gasteiger partial charge is 0.360 e. The number of carbonyl (C=O) groups is 2. The fraction of sp³-hybridized carbons (Fsp3) is 0.500. The zero-order chi connectivity index (χ0) is 20.2. The first-order valence-electron chi connectivity index (χ1n) is 8.69. The van der Waals surface area contributed by atoms with E-state index in [4.69, 9.17) is 0 Å². The Labute approximate surface area is 164 Å². The molecule has 2 fully saturated rings. The molecule has 0 atom stereocenters. The fourth-order valence-electron chi connectivity index (χ4n) is 3.06. The number of aryl methyl sites for hydroxylation is 1. The second kappa shape index (κ2) is 6.55. The SMILES string of the molecule is COC(=O)c1csc(C)c1S(=O)(=O)NC(=O)n1nc(C2CC2)n(C2CC2)c1=O. The number of nitrogens with zero attached hydrogens (tertiary/aromatic N) is 3. The Morgan fingerprint density at radius 3 is 2.54 bits per heavy atom. The molecule has 2 aliphatic carbocycles. The number of carbonyl (C=O) groups excluding carboxylic acids is 2. The molecule has 0 bridgehead atoms. The molecule has 1 N–H and O–H groups in total. The number of thiophene rings is 1. The molecule has 0 radical (unpaired) electrons. The lowest BCUT2D eigenvalue weighted by atomic mass is 10.3. The van der Waals surface area contributed by atoms with Crippen molar-refractivity contribution in [2.75, 3.05) is 7.11 Å². The topological polar surface area (TPSA) is 129 Å². The minimum absolute atomic E-state index is 0.0197. The number of nitrogens with one attached hydrogen (secondary N) is 1. The van der Waals surface area contributed by atoms with Crippen molar-refractivity contribution in [3.8, 4) is 0 Å². The van der Waals surface area contributed by atoms with Crippen LogP contribution in [0.1, 0.15) is 58.7 Å². The van der Waals surface area contributed by atoms with E-state index in [1.54, 1.807) is 0 Å². The van der Waals surface area contributed by atoms with Crippen molar-refractivity contribution in [1.82, 2.24) is 19.1 Å². The Morgan fingerprint density at radius 1 is 1.29 bits per heavy atom. The van der Waals surface area contributed by atoms with Crippen molar-refractivity contribution in [2.45, 2.75) is 49.5 Å². The summed E-state index contributed by atoms with van der Waals surface area (Å²) in [4.78, 5) is 37.0. The number of amides is 1. The predicted octanol–water partition coefficient (Wildman–Crippen LogP) is 1.36. The first-order valence-corrected chi connectivity index (χ1v) is 11.1. The molecule has 2 aromatic rings. The van der Waals surface area contributed by atoms with Crippen LogP contribution in [0.3, 0.4) is 0 Å². The van der Waals surface area contributed by atoms with Crippen molar-refractivity contribution < 1.29 is 22.7 Å². The van der Waals surface area contributed by atoms with Gasteiger partial charge in [-0.1, -0.05) is 0 Å². The highest BCUT2D eigenvalue weighted by atomic mass is 32.2. The first kappa shape index (κ1) is 18.9. The second-order valence-corrected chi connectivity index (χ2v) is 9.57. The molecule has 150 valence electrons. The molecule has 12 heteroatoms. The number of hydrogen-bond acceptors (Lipinski definition) is 8. The maximum absolute atomic E-state index is 12.8. The van der Waals surface area contributed by atoms with E-state index >= 15 is 0 Å². The molecule has 4 rings (SSSR count). The van der Waals surface area contributed by atoms with Crippen LogP contribution < -0.4 is 10.4 Å². The zero-order valence-corrected chi connectivity index (χ0v) is 16.8. The van der Waals surface area contributed by atoms with E-state index in [1.807, 2.05) is 4.72 Å². The van der Waals surface area contributed by atoms with Gasteiger partial charge in [0, 0.05) is 22.2 Å². The third kappa shape index (κ3) is 3.15. The van der Waals surface area contributed by atoms with Crippen LogP contribution in [0.5, 0.6) is 0 Å². The quantitative estimate of drug-likeness (QED) is 0.715. The van der Waals surface area contributed by atoms with Crippen LogP contribution in [0.15, 0.2) is 15.1 Å². The summed E-state index contributed by atoms with van der Waals surface area (Å²) in [6.07, 6.45) is 3.45. The third-order valence-corrected chi connectivity index (χ3v) is 7.24. The van der Waals surface area contributed by atoms with Crippen molar-refractivity contribution in [3.63, 3.8) is 0 Å². The number of esters is 1. The van der Waals surface area contributed by atoms with Gasteiger partial charge >= 0.3 is 17.7 Å². The summed E-state index contributed by atoms with van der Waals surface area (Å²) in [7, 11) is -3.28. The van der Waals surface area contributed by atoms with Gasteiger partial charge in [-0.3, -0.25) is 4.57 Å². The van der Waals surface area contributed by atoms with Crippen molar-refractivity contribution in [2.24, 2.45) is 0 Å². The van der Waals surface area contributed by atoms with Crippen LogP contribution in [0.2, 0.25) is 0 Å². The summed E-state index contributed by atoms with van der Waals surface area (Å²) < 4.78 is 34.0. The molecule has 0 spiro atoms. The Kier molecular flexibility index (Phi) is 4.42. The van der Waals surface area contributed by atoms with E-state index < -0.39 is 27.7 Å². The molecule has 1 amide bonds. The number of rotatable bonds is 5. The van der Waals surface area contributed by atoms with Gasteiger partial charge in [-0.15, -0.1) is 21.1 Å². The molecule has 2 aromatic heterocycles. The molecule has 0 aromatic carbocycles. The molecule has 2 saturated carbocycles. The first-order chi connectivity index (χ1) is 13.2. The van der Waals surface area contributed by atoms with Gasteiger partial charge in [-0.2, -0.15) is 0 Å². The Hall–Kier alpha value is -2.47. The van der Waals surface area contributed by atoms with E-state index in [-0.39, 0.29) is 22.4 Å². The van der Waals surface area contributed by atoms with Gasteiger partial charge in [0.05, 0.1) is 12.7 Å². The minimum Gasteiger partial charge on any atom is -0.465 e. The summed E-state index contributed by atoms with van der Waals surface area (Å²) >= 11 is 1.04. The van der Waals surface area contributed by atoms with E-state index in [0.717, 1.165) is 44.1 Å². The van der Waals surface area contributed by atoms with Crippen molar-refractivity contribution >= 4 is 33.4 Å². The Balaban J connectivity index is 1.68. The van der Waals surface area contributed by atoms with Crippen LogP contribution in [-0.2, 0) is 14.8 Å². The van der Waals surface area contributed by atoms with Gasteiger partial charge in [0.1, 0.15) is 10.7 Å². The number of sulfonamides is 1. The highest BCUT2D eigenvalue weighted by Gasteiger charge is 2.38. The zero-order valence-electron chi connectivity index (χ0n) is 15.2. The molecule has 28 heavy (non-hydrogen) atoms. The highest BCUT2D eigenvalue weighted by Crippen LogP contribution is 2.43. The summed E-state index contributed by atoms with van der Waals surface area (Å²) in [5.74, 6) is -0.172. The molecule has 0 aliphatic heterocycles. The van der Waals surface area contributed by atoms with Crippen LogP contribution in [0, 0.1) is 6.92 Å². The molecule has 0 saturated heterocycles. The van der Waals surface area contributed by atoms with Gasteiger partial charge in [0.25, 0.3) is 10.0 Å². The van der Waals surface area contributed by atoms with Gasteiger partial charge < -0.3 is 4.74 Å². The standard InChI is InChI=1S/C16H18N4O6S2/c1-8-12(11(7-27-8)14(21)26-2)28(24,25)18-15(22)20-16(23)19(10-5-6-10)13(17-20)9-3-4-9/h7,9-10H,3-6H2,1-2H3,(H,18,22). The maximum atomic E-state index is 12.8. The van der Waals surface area contributed by atoms with Gasteiger partial charge in [-0.25, -0.2) is 27.5 Å². The van der Waals surface area contributed by atoms with Gasteiger partial charge in [0.2, 0.25) is 0 Å². The lowest BCUT2D eigenvalue weighted by molar-refractivity contribution is 0.0597. The summed E-state index contributed by atoms with van der Waals surface area (Å²) in [5, 5.41) is 5.44. The summed E-state index contributed by atoms with van der Waals surface area (Å²) in [6, 6.07) is -1.15. The minimum atomic E-state index is -4.41. The van der Waals surface area contributed by atoms with Crippen LogP contribution in [0.25, 0.3) is 0 Å². The number of ether oxygens (including phenoxy) is 1. The largest absolute Gasteiger partial charge is 0.465 e. The number of hydrogen-bond donors (Lipinski definition) is 1. The van der Waals surface area contributed by atoms with E-state index in [0.29, 0.717) is 15.4 Å². The normalized spacial score (nSPS) is 16.8. The molecule has 2 heterocycles. The molecular weight excluding hydrogens is 408 g/mol. The van der Waals surface area contributed by atoms with E-state index in [9.17, 15) is 22.8 Å². The average Bonchev–Trinajstić information content (AvgIpc) is 3.56. The lowest BCUT2D eigenvalue weighted by Gasteiger charge is -2.07. The lowest BCUT2D eigenvalue weighted by Crippen LogP contribution is -2.41. The Bertz CT molecular complexity index is 1130. The van der Waals surface area contributed by atoms with E-state index in [1.165, 1.54) is 16.9 Å². The fourth-order valence-corrected chi connectivity index (χ4v) is 5.56. The number of aromatic nitrogens is 3. The summed E-state index contributed by atoms with van der Waals surface area (Å²) in [5.41, 5.74) is -0.813. The third-order valence-electron chi connectivity index (χ3n) is 4.70. The second-order valence-electron chi connectivity index (χ2n) is 6.86. The molecule has 10 nitrogen and oxygen atoms in total. The van der Waals surface area contributed by atoms with Crippen molar-refractivity contribution in [3.05, 3.63) is 32.1 Å². The van der Waals surface area contributed by atoms with Crippen LogP contribution in [-0.4, -0.2) is 41.9 Å². The van der Waals surface area contributed by atoms with Crippen molar-refractivity contribution in [1.29, 1.82) is 0 Å². The average molecular weight is 426 g/mol. The molecule has 2 aliphatic rings. The van der Waals surface area contributed by atoms with Gasteiger partial charge in [0.15, 0.2) is 0 Å². The molecule has 0 unspecified atom stereocenters. The monoisotopic (exact) mass is 426 g/mol. The predicted molar refractivity (Wildman–Crippen MR) is 98.2 cm³/mol. The maximum Gasteiger partial charge on any atom is 0.360 e. The van der Waals surface area contributed by atoms with Crippen LogP contribution in [0.4, 0.5) is 4.79 Å². The Morgan fingerprint density at radius 2 is 1.96 bits per heavy atom. The number of methoxy groups -OCH3 is 1. The van der Waals surface area contributed by atoms with Gasteiger partial charge in [-0.05, 0) is 32.6 Å². The summed E-state index contributed by atoms with van der Waals surface area (Å²) in [6.45, 7) is 1.51. The van der Waals surface area contributed by atoms with Crippen LogP contribution >= 0.6 is 11.3 Å². The molecular formula is C16H18N4O6S2.